The summed E-state index contributed by atoms with van der Waals surface area (Å²) in [6.45, 7) is 1.96. The number of halogens is 1. The van der Waals surface area contributed by atoms with Crippen molar-refractivity contribution >= 4 is 23.3 Å². The molecule has 0 spiro atoms. The number of pyridine rings is 1. The number of nitrogens with zero attached hydrogens (tertiary/aromatic N) is 1. The van der Waals surface area contributed by atoms with Crippen molar-refractivity contribution in [1.29, 1.82) is 0 Å². The first-order valence-electron chi connectivity index (χ1n) is 6.32. The lowest BCUT2D eigenvalue weighted by Crippen LogP contribution is -2.34. The van der Waals surface area contributed by atoms with Gasteiger partial charge in [-0.05, 0) is 31.0 Å². The summed E-state index contributed by atoms with van der Waals surface area (Å²) in [5.41, 5.74) is 7.17. The number of anilines is 1. The van der Waals surface area contributed by atoms with E-state index < -0.39 is 0 Å². The summed E-state index contributed by atoms with van der Waals surface area (Å²) in [5, 5.41) is 3.13. The highest BCUT2D eigenvalue weighted by Gasteiger charge is 2.12. The number of hydrogen-bond acceptors (Lipinski definition) is 3. The minimum atomic E-state index is -0.204. The number of aromatic nitrogens is 1. The van der Waals surface area contributed by atoms with Crippen LogP contribution in [0, 0.1) is 0 Å². The molecule has 1 heterocycles. The van der Waals surface area contributed by atoms with Crippen molar-refractivity contribution in [2.75, 3.05) is 5.73 Å². The minimum absolute atomic E-state index is 0.0121. The van der Waals surface area contributed by atoms with Crippen LogP contribution < -0.4 is 11.1 Å². The zero-order valence-electron chi connectivity index (χ0n) is 11.1. The van der Waals surface area contributed by atoms with E-state index in [0.29, 0.717) is 5.56 Å². The molecule has 2 aromatic rings. The van der Waals surface area contributed by atoms with Crippen LogP contribution in [0.4, 0.5) is 5.82 Å². The molecule has 5 heteroatoms. The summed E-state index contributed by atoms with van der Waals surface area (Å²) in [4.78, 5) is 15.9. The molecule has 0 aliphatic carbocycles. The zero-order chi connectivity index (χ0) is 14.5. The van der Waals surface area contributed by atoms with E-state index in [-0.39, 0.29) is 22.9 Å². The molecule has 3 N–H and O–H groups in total. The van der Waals surface area contributed by atoms with Gasteiger partial charge in [0.2, 0.25) is 0 Å². The highest BCUT2D eigenvalue weighted by atomic mass is 35.5. The molecule has 0 saturated heterocycles. The molecule has 2 rings (SSSR count). The molecule has 1 unspecified atom stereocenters. The van der Waals surface area contributed by atoms with E-state index in [9.17, 15) is 4.79 Å². The van der Waals surface area contributed by atoms with Crippen molar-refractivity contribution in [1.82, 2.24) is 10.3 Å². The van der Waals surface area contributed by atoms with Crippen LogP contribution in [-0.2, 0) is 6.42 Å². The monoisotopic (exact) mass is 289 g/mol. The van der Waals surface area contributed by atoms with Crippen molar-refractivity contribution in [2.45, 2.75) is 19.4 Å². The fraction of sp³-hybridized carbons (Fsp3) is 0.200. The summed E-state index contributed by atoms with van der Waals surface area (Å²) < 4.78 is 0. The van der Waals surface area contributed by atoms with Crippen molar-refractivity contribution in [2.24, 2.45) is 0 Å². The smallest absolute Gasteiger partial charge is 0.251 e. The van der Waals surface area contributed by atoms with Gasteiger partial charge in [0.15, 0.2) is 0 Å². The van der Waals surface area contributed by atoms with Crippen LogP contribution in [0.2, 0.25) is 5.15 Å². The predicted molar refractivity (Wildman–Crippen MR) is 80.7 cm³/mol. The third kappa shape index (κ3) is 3.96. The van der Waals surface area contributed by atoms with Gasteiger partial charge in [0.05, 0.1) is 0 Å². The number of nitrogens with one attached hydrogen (secondary N) is 1. The number of amides is 1. The highest BCUT2D eigenvalue weighted by Crippen LogP contribution is 2.12. The maximum absolute atomic E-state index is 12.1. The van der Waals surface area contributed by atoms with Crippen LogP contribution in [0.5, 0.6) is 0 Å². The molecule has 0 aliphatic heterocycles. The number of carbonyl (C=O) groups excluding carboxylic acids is 1. The second-order valence-electron chi connectivity index (χ2n) is 4.67. The molecule has 1 aromatic heterocycles. The number of nitrogen functional groups attached to an aromatic ring is 1. The first-order valence-corrected chi connectivity index (χ1v) is 6.70. The molecule has 104 valence electrons. The molecule has 0 aliphatic rings. The second-order valence-corrected chi connectivity index (χ2v) is 5.05. The number of hydrogen-bond donors (Lipinski definition) is 2. The Morgan fingerprint density at radius 1 is 1.35 bits per heavy atom. The Morgan fingerprint density at radius 3 is 2.70 bits per heavy atom. The number of nitrogens with two attached hydrogens (primary N) is 1. The summed E-state index contributed by atoms with van der Waals surface area (Å²) in [7, 11) is 0. The second kappa shape index (κ2) is 6.39. The van der Waals surface area contributed by atoms with E-state index in [1.165, 1.54) is 17.7 Å². The lowest BCUT2D eigenvalue weighted by molar-refractivity contribution is 0.0940. The number of rotatable bonds is 4. The maximum atomic E-state index is 12.1. The van der Waals surface area contributed by atoms with Gasteiger partial charge >= 0.3 is 0 Å². The largest absolute Gasteiger partial charge is 0.384 e. The van der Waals surface area contributed by atoms with Gasteiger partial charge in [0, 0.05) is 11.6 Å². The third-order valence-electron chi connectivity index (χ3n) is 2.84. The molecule has 1 amide bonds. The zero-order valence-corrected chi connectivity index (χ0v) is 11.9. The standard InChI is InChI=1S/C15H16ClN3O/c1-10(7-11-5-3-2-4-6-11)18-15(20)12-8-13(16)19-14(17)9-12/h2-6,8-10H,7H2,1H3,(H2,17,19)(H,18,20). The average Bonchev–Trinajstić information content (AvgIpc) is 2.38. The Bertz CT molecular complexity index is 581. The quantitative estimate of drug-likeness (QED) is 0.850. The molecule has 0 fully saturated rings. The van der Waals surface area contributed by atoms with Crippen LogP contribution in [0.1, 0.15) is 22.8 Å². The molecule has 0 saturated carbocycles. The first-order chi connectivity index (χ1) is 9.54. The van der Waals surface area contributed by atoms with E-state index in [4.69, 9.17) is 17.3 Å². The molecular weight excluding hydrogens is 274 g/mol. The molecule has 20 heavy (non-hydrogen) atoms. The minimum Gasteiger partial charge on any atom is -0.384 e. The highest BCUT2D eigenvalue weighted by molar-refractivity contribution is 6.29. The van der Waals surface area contributed by atoms with E-state index in [1.54, 1.807) is 0 Å². The molecule has 1 aromatic carbocycles. The van der Waals surface area contributed by atoms with Gasteiger partial charge in [-0.15, -0.1) is 0 Å². The number of carbonyl (C=O) groups is 1. The Hall–Kier alpha value is -2.07. The predicted octanol–water partition coefficient (Wildman–Crippen LogP) is 2.68. The SMILES string of the molecule is CC(Cc1ccccc1)NC(=O)c1cc(N)nc(Cl)c1. The number of benzene rings is 1. The summed E-state index contributed by atoms with van der Waals surface area (Å²) >= 11 is 5.79. The first kappa shape index (κ1) is 14.3. The van der Waals surface area contributed by atoms with Crippen molar-refractivity contribution in [3.63, 3.8) is 0 Å². The summed E-state index contributed by atoms with van der Waals surface area (Å²) in [6.07, 6.45) is 0.765. The Morgan fingerprint density at radius 2 is 2.05 bits per heavy atom. The summed E-state index contributed by atoms with van der Waals surface area (Å²) in [5.74, 6) is 0.0304. The van der Waals surface area contributed by atoms with Gasteiger partial charge < -0.3 is 11.1 Å². The topological polar surface area (TPSA) is 68.0 Å². The summed E-state index contributed by atoms with van der Waals surface area (Å²) in [6, 6.07) is 13.0. The van der Waals surface area contributed by atoms with Gasteiger partial charge in [-0.1, -0.05) is 41.9 Å². The van der Waals surface area contributed by atoms with Crippen LogP contribution in [0.3, 0.4) is 0 Å². The maximum Gasteiger partial charge on any atom is 0.251 e. The van der Waals surface area contributed by atoms with Gasteiger partial charge in [0.25, 0.3) is 5.91 Å². The molecular formula is C15H16ClN3O. The van der Waals surface area contributed by atoms with Crippen LogP contribution in [0.15, 0.2) is 42.5 Å². The fourth-order valence-electron chi connectivity index (χ4n) is 1.97. The van der Waals surface area contributed by atoms with Crippen molar-refractivity contribution < 1.29 is 4.79 Å². The molecule has 4 nitrogen and oxygen atoms in total. The van der Waals surface area contributed by atoms with Gasteiger partial charge in [-0.2, -0.15) is 0 Å². The van der Waals surface area contributed by atoms with Gasteiger partial charge in [-0.25, -0.2) is 4.98 Å². The lowest BCUT2D eigenvalue weighted by atomic mass is 10.1. The lowest BCUT2D eigenvalue weighted by Gasteiger charge is -2.14. The van der Waals surface area contributed by atoms with E-state index in [1.807, 2.05) is 37.3 Å². The molecule has 0 radical (unpaired) electrons. The third-order valence-corrected chi connectivity index (χ3v) is 3.03. The van der Waals surface area contributed by atoms with Crippen molar-refractivity contribution in [3.05, 3.63) is 58.7 Å². The van der Waals surface area contributed by atoms with Gasteiger partial charge in [0.1, 0.15) is 11.0 Å². The van der Waals surface area contributed by atoms with Crippen LogP contribution in [0.25, 0.3) is 0 Å². The Labute approximate surface area is 123 Å². The van der Waals surface area contributed by atoms with Crippen LogP contribution in [-0.4, -0.2) is 16.9 Å². The Balaban J connectivity index is 2.00. The molecule has 1 atom stereocenters. The van der Waals surface area contributed by atoms with E-state index in [2.05, 4.69) is 10.3 Å². The van der Waals surface area contributed by atoms with Gasteiger partial charge in [-0.3, -0.25) is 4.79 Å². The van der Waals surface area contributed by atoms with E-state index in [0.717, 1.165) is 6.42 Å². The average molecular weight is 290 g/mol. The van der Waals surface area contributed by atoms with Crippen molar-refractivity contribution in [3.8, 4) is 0 Å². The van der Waals surface area contributed by atoms with Crippen LogP contribution >= 0.6 is 11.6 Å². The molecule has 0 bridgehead atoms. The van der Waals surface area contributed by atoms with E-state index >= 15 is 0 Å². The fourth-order valence-corrected chi connectivity index (χ4v) is 2.19. The Kier molecular flexibility index (Phi) is 4.58. The normalized spacial score (nSPS) is 11.9.